The van der Waals surface area contributed by atoms with E-state index in [9.17, 15) is 15.8 Å². The average molecular weight is 763 g/mol. The minimum atomic E-state index is -0.373. The van der Waals surface area contributed by atoms with Gasteiger partial charge in [-0.1, -0.05) is 84.9 Å². The monoisotopic (exact) mass is 762 g/mol. The molecule has 8 heteroatoms. The summed E-state index contributed by atoms with van der Waals surface area (Å²) in [7, 11) is 0. The standard InChI is InChI=1S/C52H27BN6O/c1-57-37-18-21-46-42(26-37)41-23-32(29-54)15-19-45(41)58(46)38-27-48-51-50(28-38)60-49-22-17-34(31-56)25-44(49)53(51)43-24-33(30-55)16-20-47(43)59(48)52-39(35-9-4-2-5-10-35)13-8-14-40(52)36-11-6-3-7-12-36/h2-28H. The fraction of sp³-hybridized carbons (Fsp3) is 0. The number of nitriles is 3. The first-order valence-corrected chi connectivity index (χ1v) is 19.4. The number of para-hydroxylation sites is 1. The summed E-state index contributed by atoms with van der Waals surface area (Å²) in [5.74, 6) is 1.27. The van der Waals surface area contributed by atoms with Crippen LogP contribution >= 0.6 is 0 Å². The first kappa shape index (κ1) is 34.4. The fourth-order valence-electron chi connectivity index (χ4n) is 9.16. The number of benzene rings is 8. The Bertz CT molecular complexity index is 3350. The highest BCUT2D eigenvalue weighted by atomic mass is 16.5. The maximum absolute atomic E-state index is 10.3. The quantitative estimate of drug-likeness (QED) is 0.131. The van der Waals surface area contributed by atoms with E-state index in [-0.39, 0.29) is 6.71 Å². The molecule has 0 N–H and O–H groups in total. The Hall–Kier alpha value is -8.82. The van der Waals surface area contributed by atoms with Crippen LogP contribution in [0.2, 0.25) is 0 Å². The number of nitrogens with zero attached hydrogens (tertiary/aromatic N) is 6. The van der Waals surface area contributed by atoms with Crippen LogP contribution in [0.4, 0.5) is 22.7 Å². The maximum atomic E-state index is 10.3. The van der Waals surface area contributed by atoms with Gasteiger partial charge in [0, 0.05) is 34.0 Å². The van der Waals surface area contributed by atoms with Crippen LogP contribution in [-0.2, 0) is 0 Å². The molecule has 8 aromatic carbocycles. The second-order valence-electron chi connectivity index (χ2n) is 14.9. The van der Waals surface area contributed by atoms with Crippen molar-refractivity contribution in [1.82, 2.24) is 4.57 Å². The molecule has 60 heavy (non-hydrogen) atoms. The molecule has 0 fully saturated rings. The smallest absolute Gasteiger partial charge is 0.256 e. The predicted octanol–water partition coefficient (Wildman–Crippen LogP) is 10.7. The molecule has 1 aromatic heterocycles. The van der Waals surface area contributed by atoms with Gasteiger partial charge < -0.3 is 14.2 Å². The molecule has 0 aliphatic carbocycles. The van der Waals surface area contributed by atoms with E-state index in [2.05, 4.69) is 87.1 Å². The van der Waals surface area contributed by atoms with Crippen molar-refractivity contribution in [1.29, 1.82) is 15.8 Å². The van der Waals surface area contributed by atoms with Gasteiger partial charge in [-0.2, -0.15) is 15.8 Å². The lowest BCUT2D eigenvalue weighted by molar-refractivity contribution is 0.487. The fourth-order valence-corrected chi connectivity index (χ4v) is 9.16. The average Bonchev–Trinajstić information content (AvgIpc) is 3.64. The Kier molecular flexibility index (Phi) is 7.69. The highest BCUT2D eigenvalue weighted by Crippen LogP contribution is 2.50. The normalized spacial score (nSPS) is 12.0. The third-order valence-electron chi connectivity index (χ3n) is 11.7. The van der Waals surface area contributed by atoms with Gasteiger partial charge >= 0.3 is 0 Å². The molecule has 0 unspecified atom stereocenters. The summed E-state index contributed by atoms with van der Waals surface area (Å²) < 4.78 is 9.13. The molecule has 0 saturated heterocycles. The van der Waals surface area contributed by atoms with Crippen molar-refractivity contribution in [2.75, 3.05) is 4.90 Å². The van der Waals surface area contributed by atoms with E-state index >= 15 is 0 Å². The Labute approximate surface area is 345 Å². The van der Waals surface area contributed by atoms with Crippen LogP contribution in [0.3, 0.4) is 0 Å². The second-order valence-corrected chi connectivity index (χ2v) is 14.9. The van der Waals surface area contributed by atoms with Crippen LogP contribution in [0, 0.1) is 40.6 Å². The van der Waals surface area contributed by atoms with Gasteiger partial charge in [0.25, 0.3) is 6.71 Å². The van der Waals surface area contributed by atoms with Crippen molar-refractivity contribution < 1.29 is 4.74 Å². The van der Waals surface area contributed by atoms with Gasteiger partial charge in [0.1, 0.15) is 11.5 Å². The zero-order valence-electron chi connectivity index (χ0n) is 31.8. The first-order chi connectivity index (χ1) is 29.6. The number of anilines is 3. The van der Waals surface area contributed by atoms with Crippen LogP contribution in [0.5, 0.6) is 11.5 Å². The summed E-state index contributed by atoms with van der Waals surface area (Å²) in [4.78, 5) is 6.06. The van der Waals surface area contributed by atoms with Crippen LogP contribution in [0.1, 0.15) is 16.7 Å². The zero-order valence-corrected chi connectivity index (χ0v) is 31.8. The Morgan fingerprint density at radius 2 is 1.13 bits per heavy atom. The summed E-state index contributed by atoms with van der Waals surface area (Å²) in [6.07, 6.45) is 0. The maximum Gasteiger partial charge on any atom is 0.256 e. The van der Waals surface area contributed by atoms with Crippen molar-refractivity contribution >= 4 is 67.7 Å². The molecule has 2 aliphatic heterocycles. The van der Waals surface area contributed by atoms with Gasteiger partial charge in [-0.3, -0.25) is 0 Å². The Balaban J connectivity index is 1.30. The van der Waals surface area contributed by atoms with Crippen LogP contribution < -0.4 is 26.0 Å². The molecule has 0 amide bonds. The lowest BCUT2D eigenvalue weighted by Crippen LogP contribution is -2.59. The molecule has 2 aliphatic rings. The van der Waals surface area contributed by atoms with Crippen LogP contribution in [0.25, 0.3) is 54.6 Å². The molecular weight excluding hydrogens is 735 g/mol. The number of hydrogen-bond acceptors (Lipinski definition) is 5. The van der Waals surface area contributed by atoms with E-state index in [1.807, 2.05) is 103 Å². The minimum Gasteiger partial charge on any atom is -0.458 e. The van der Waals surface area contributed by atoms with Crippen molar-refractivity contribution in [3.8, 4) is 57.6 Å². The minimum absolute atomic E-state index is 0.373. The summed E-state index contributed by atoms with van der Waals surface area (Å²) in [5, 5.41) is 32.1. The zero-order chi connectivity index (χ0) is 40.5. The molecule has 7 nitrogen and oxygen atoms in total. The molecule has 0 atom stereocenters. The molecule has 0 spiro atoms. The summed E-state index contributed by atoms with van der Waals surface area (Å²) in [6, 6.07) is 61.2. The molecule has 0 radical (unpaired) electrons. The molecule has 3 heterocycles. The number of hydrogen-bond donors (Lipinski definition) is 0. The van der Waals surface area contributed by atoms with Crippen molar-refractivity contribution in [3.63, 3.8) is 0 Å². The van der Waals surface area contributed by atoms with Crippen molar-refractivity contribution in [2.45, 2.75) is 0 Å². The van der Waals surface area contributed by atoms with Crippen LogP contribution in [0.15, 0.2) is 164 Å². The number of ether oxygens (including phenoxy) is 1. The summed E-state index contributed by atoms with van der Waals surface area (Å²) in [6.45, 7) is 7.43. The third kappa shape index (κ3) is 5.13. The van der Waals surface area contributed by atoms with E-state index in [1.54, 1.807) is 6.07 Å². The van der Waals surface area contributed by atoms with E-state index in [0.29, 0.717) is 33.9 Å². The largest absolute Gasteiger partial charge is 0.458 e. The van der Waals surface area contributed by atoms with E-state index in [1.165, 1.54) is 0 Å². The molecule has 11 rings (SSSR count). The van der Waals surface area contributed by atoms with Gasteiger partial charge in [0.15, 0.2) is 5.69 Å². The first-order valence-electron chi connectivity index (χ1n) is 19.4. The summed E-state index contributed by atoms with van der Waals surface area (Å²) in [5.41, 5.74) is 14.2. The number of rotatable bonds is 4. The molecule has 9 aromatic rings. The van der Waals surface area contributed by atoms with E-state index in [4.69, 9.17) is 11.3 Å². The Morgan fingerprint density at radius 3 is 1.80 bits per heavy atom. The molecular formula is C52H27BN6O. The SMILES string of the molecule is [C-]#[N+]c1ccc2c(c1)c1cc(C#N)ccc1n2-c1cc2c3c(c1)N(c1c(-c4ccccc4)cccc1-c1ccccc1)c1ccc(C#N)cc1B3c1cc(C#N)ccc1O2. The number of fused-ring (bicyclic) bond motifs is 7. The lowest BCUT2D eigenvalue weighted by atomic mass is 9.34. The summed E-state index contributed by atoms with van der Waals surface area (Å²) >= 11 is 0. The lowest BCUT2D eigenvalue weighted by Gasteiger charge is -2.41. The van der Waals surface area contributed by atoms with Gasteiger partial charge in [0.2, 0.25) is 0 Å². The highest BCUT2D eigenvalue weighted by Gasteiger charge is 2.43. The highest BCUT2D eigenvalue weighted by molar-refractivity contribution is 6.99. The predicted molar refractivity (Wildman–Crippen MR) is 238 cm³/mol. The molecule has 274 valence electrons. The third-order valence-corrected chi connectivity index (χ3v) is 11.7. The van der Waals surface area contributed by atoms with Gasteiger partial charge in [-0.05, 0) is 106 Å². The topological polar surface area (TPSA) is 93.1 Å². The van der Waals surface area contributed by atoms with Crippen LogP contribution in [-0.4, -0.2) is 11.3 Å². The second kappa shape index (κ2) is 13.4. The van der Waals surface area contributed by atoms with Gasteiger partial charge in [-0.25, -0.2) is 4.85 Å². The van der Waals surface area contributed by atoms with Crippen molar-refractivity contribution in [2.24, 2.45) is 0 Å². The van der Waals surface area contributed by atoms with Crippen molar-refractivity contribution in [3.05, 3.63) is 192 Å². The molecule has 0 bridgehead atoms. The Morgan fingerprint density at radius 1 is 0.533 bits per heavy atom. The van der Waals surface area contributed by atoms with E-state index in [0.717, 1.165) is 83.2 Å². The number of aromatic nitrogens is 1. The molecule has 0 saturated carbocycles. The van der Waals surface area contributed by atoms with Gasteiger partial charge in [0.05, 0.1) is 63.9 Å². The van der Waals surface area contributed by atoms with Gasteiger partial charge in [-0.15, -0.1) is 0 Å². The van der Waals surface area contributed by atoms with E-state index < -0.39 is 0 Å².